The van der Waals surface area contributed by atoms with E-state index < -0.39 is 0 Å². The van der Waals surface area contributed by atoms with Crippen LogP contribution in [0.2, 0.25) is 0 Å². The van der Waals surface area contributed by atoms with E-state index in [1.54, 1.807) is 19.5 Å². The number of ether oxygens (including phenoxy) is 1. The summed E-state index contributed by atoms with van der Waals surface area (Å²) in [4.78, 5) is 14.8. The van der Waals surface area contributed by atoms with Crippen molar-refractivity contribution in [3.8, 4) is 5.75 Å². The maximum atomic E-state index is 7.31. The molecule has 2 aromatic carbocycles. The summed E-state index contributed by atoms with van der Waals surface area (Å²) in [5.41, 5.74) is 3.51. The van der Waals surface area contributed by atoms with Gasteiger partial charge in [0.2, 0.25) is 0 Å². The van der Waals surface area contributed by atoms with Crippen LogP contribution in [0, 0.1) is 6.57 Å². The molecule has 0 spiro atoms. The molecule has 0 saturated carbocycles. The van der Waals surface area contributed by atoms with Gasteiger partial charge in [0.15, 0.2) is 5.69 Å². The van der Waals surface area contributed by atoms with Gasteiger partial charge in [-0.2, -0.15) is 0 Å². The molecule has 0 atom stereocenters. The minimum atomic E-state index is 0.609. The van der Waals surface area contributed by atoms with E-state index in [-0.39, 0.29) is 0 Å². The number of methoxy groups -OCH3 is 1. The zero-order valence-electron chi connectivity index (χ0n) is 16.8. The van der Waals surface area contributed by atoms with E-state index in [1.165, 1.54) is 0 Å². The quantitative estimate of drug-likeness (QED) is 0.248. The van der Waals surface area contributed by atoms with E-state index >= 15 is 0 Å². The van der Waals surface area contributed by atoms with Crippen LogP contribution in [0.25, 0.3) is 15.6 Å². The summed E-state index contributed by atoms with van der Waals surface area (Å²) in [6.45, 7) is 8.52. The Bertz CT molecular complexity index is 1130. The predicted octanol–water partition coefficient (Wildman–Crippen LogP) is 6.08. The second-order valence-electron chi connectivity index (χ2n) is 6.63. The third-order valence-corrected chi connectivity index (χ3v) is 4.76. The SMILES string of the molecule is [C-]#[N+]c1ccc2c(N(Cc3ccccn3)Cc3ccccn3)c(OC)ccc2c1.[Cl][Cu+]. The van der Waals surface area contributed by atoms with Crippen LogP contribution in [-0.4, -0.2) is 17.1 Å². The third kappa shape index (κ3) is 5.53. The van der Waals surface area contributed by atoms with Crippen molar-refractivity contribution in [2.24, 2.45) is 0 Å². The molecule has 2 aromatic heterocycles. The number of nitrogens with zero attached hydrogens (tertiary/aromatic N) is 4. The molecule has 0 aliphatic carbocycles. The number of halogens is 1. The predicted molar refractivity (Wildman–Crippen MR) is 121 cm³/mol. The number of fused-ring (bicyclic) bond motifs is 1. The number of benzene rings is 2. The van der Waals surface area contributed by atoms with Crippen LogP contribution in [0.1, 0.15) is 11.4 Å². The third-order valence-electron chi connectivity index (χ3n) is 4.76. The second kappa shape index (κ2) is 11.3. The van der Waals surface area contributed by atoms with Gasteiger partial charge in [0.25, 0.3) is 0 Å². The minimum absolute atomic E-state index is 0.609. The van der Waals surface area contributed by atoms with E-state index in [9.17, 15) is 0 Å². The fraction of sp³-hybridized carbons (Fsp3) is 0.125. The summed E-state index contributed by atoms with van der Waals surface area (Å²) >= 11 is 3.66. The Balaban J connectivity index is 0.00000132. The Morgan fingerprint density at radius 1 is 0.935 bits per heavy atom. The molecule has 0 bridgehead atoms. The Hall–Kier alpha value is -3.10. The molecule has 0 aliphatic heterocycles. The van der Waals surface area contributed by atoms with Gasteiger partial charge in [-0.05, 0) is 41.8 Å². The van der Waals surface area contributed by atoms with Gasteiger partial charge >= 0.3 is 25.2 Å². The molecular formula is C24H20ClCuN4O+. The molecule has 0 aliphatic rings. The van der Waals surface area contributed by atoms with Gasteiger partial charge in [-0.15, -0.1) is 0 Å². The number of pyridine rings is 2. The molecule has 159 valence electrons. The molecule has 0 N–H and O–H groups in total. The van der Waals surface area contributed by atoms with Crippen molar-refractivity contribution in [3.63, 3.8) is 0 Å². The van der Waals surface area contributed by atoms with Crippen molar-refractivity contribution in [2.75, 3.05) is 12.0 Å². The first kappa shape index (κ1) is 22.6. The van der Waals surface area contributed by atoms with Crippen molar-refractivity contribution in [1.82, 2.24) is 9.97 Å². The molecule has 0 radical (unpaired) electrons. The Morgan fingerprint density at radius 3 is 2.10 bits per heavy atom. The van der Waals surface area contributed by atoms with Crippen LogP contribution in [0.15, 0.2) is 79.1 Å². The van der Waals surface area contributed by atoms with Gasteiger partial charge in [-0.25, -0.2) is 4.85 Å². The van der Waals surface area contributed by atoms with E-state index in [2.05, 4.69) is 44.9 Å². The number of rotatable bonds is 6. The van der Waals surface area contributed by atoms with E-state index in [0.29, 0.717) is 18.8 Å². The van der Waals surface area contributed by atoms with Crippen LogP contribution in [0.5, 0.6) is 5.75 Å². The number of hydrogen-bond donors (Lipinski definition) is 0. The van der Waals surface area contributed by atoms with Gasteiger partial charge in [0.05, 0.1) is 43.8 Å². The zero-order valence-corrected chi connectivity index (χ0v) is 18.5. The monoisotopic (exact) mass is 478 g/mol. The number of anilines is 1. The molecule has 4 aromatic rings. The Labute approximate surface area is 194 Å². The van der Waals surface area contributed by atoms with Gasteiger partial charge in [0, 0.05) is 17.8 Å². The molecule has 0 fully saturated rings. The summed E-state index contributed by atoms with van der Waals surface area (Å²) in [5, 5.41) is 2.03. The number of hydrogen-bond acceptors (Lipinski definition) is 4. The second-order valence-corrected chi connectivity index (χ2v) is 6.63. The van der Waals surface area contributed by atoms with E-state index in [1.807, 2.05) is 66.7 Å². The zero-order chi connectivity index (χ0) is 22.1. The molecule has 0 saturated heterocycles. The van der Waals surface area contributed by atoms with Crippen LogP contribution >= 0.6 is 10.1 Å². The van der Waals surface area contributed by atoms with Crippen molar-refractivity contribution in [2.45, 2.75) is 13.1 Å². The van der Waals surface area contributed by atoms with E-state index in [0.717, 1.165) is 33.6 Å². The summed E-state index contributed by atoms with van der Waals surface area (Å²) < 4.78 is 5.72. The molecule has 2 heterocycles. The first-order valence-corrected chi connectivity index (χ1v) is 10.7. The summed E-state index contributed by atoms with van der Waals surface area (Å²) in [5.74, 6) is 0.778. The number of aromatic nitrogens is 2. The fourth-order valence-electron chi connectivity index (χ4n) is 3.43. The molecule has 7 heteroatoms. The van der Waals surface area contributed by atoms with Crippen molar-refractivity contribution in [1.29, 1.82) is 0 Å². The first-order chi connectivity index (χ1) is 15.3. The molecule has 0 amide bonds. The fourth-order valence-corrected chi connectivity index (χ4v) is 3.43. The standard InChI is InChI=1S/C24H20N4O.ClH.Cu/c1-25-19-10-11-22-18(15-19)9-12-23(29-2)24(22)28(16-20-7-3-5-13-26-20)17-21-8-4-6-14-27-21;;/h3-15H,16-17H2,2H3;1H;/q;;+2/p-1. The van der Waals surface area contributed by atoms with Crippen LogP contribution in [0.3, 0.4) is 0 Å². The van der Waals surface area contributed by atoms with Crippen LogP contribution < -0.4 is 9.64 Å². The molecule has 5 nitrogen and oxygen atoms in total. The Kier molecular flexibility index (Phi) is 8.26. The van der Waals surface area contributed by atoms with Crippen molar-refractivity contribution < 1.29 is 19.8 Å². The van der Waals surface area contributed by atoms with Gasteiger partial charge in [-0.1, -0.05) is 30.3 Å². The molecular weight excluding hydrogens is 459 g/mol. The first-order valence-electron chi connectivity index (χ1n) is 9.43. The average Bonchev–Trinajstić information content (AvgIpc) is 2.85. The van der Waals surface area contributed by atoms with Gasteiger partial charge < -0.3 is 9.64 Å². The molecule has 0 unspecified atom stereocenters. The summed E-state index contributed by atoms with van der Waals surface area (Å²) in [7, 11) is 5.88. The van der Waals surface area contributed by atoms with Crippen molar-refractivity contribution >= 4 is 32.2 Å². The van der Waals surface area contributed by atoms with Crippen LogP contribution in [-0.2, 0) is 28.2 Å². The van der Waals surface area contributed by atoms with Gasteiger partial charge in [-0.3, -0.25) is 9.97 Å². The molecule has 4 rings (SSSR count). The summed E-state index contributed by atoms with van der Waals surface area (Å²) in [6.07, 6.45) is 3.60. The maximum absolute atomic E-state index is 7.31. The van der Waals surface area contributed by atoms with E-state index in [4.69, 9.17) is 11.3 Å². The van der Waals surface area contributed by atoms with Crippen LogP contribution in [0.4, 0.5) is 11.4 Å². The molecule has 31 heavy (non-hydrogen) atoms. The summed E-state index contributed by atoms with van der Waals surface area (Å²) in [6, 6.07) is 21.5. The van der Waals surface area contributed by atoms with Crippen molar-refractivity contribution in [3.05, 3.63) is 102 Å². The normalized spacial score (nSPS) is 10.0. The van der Waals surface area contributed by atoms with Gasteiger partial charge in [0.1, 0.15) is 5.75 Å². The topological polar surface area (TPSA) is 42.6 Å². The Morgan fingerprint density at radius 2 is 1.58 bits per heavy atom. The average molecular weight is 479 g/mol.